The summed E-state index contributed by atoms with van der Waals surface area (Å²) < 4.78 is 10.4. The van der Waals surface area contributed by atoms with E-state index in [2.05, 4.69) is 15.3 Å². The normalized spacial score (nSPS) is 10.6. The number of methoxy groups -OCH3 is 1. The fourth-order valence-corrected chi connectivity index (χ4v) is 1.56. The zero-order chi connectivity index (χ0) is 13.0. The Labute approximate surface area is 105 Å². The molecule has 96 valence electrons. The van der Waals surface area contributed by atoms with E-state index < -0.39 is 0 Å². The van der Waals surface area contributed by atoms with E-state index in [4.69, 9.17) is 14.9 Å². The molecule has 0 aliphatic carbocycles. The van der Waals surface area contributed by atoms with Crippen molar-refractivity contribution in [2.45, 2.75) is 20.1 Å². The monoisotopic (exact) mass is 248 g/mol. The van der Waals surface area contributed by atoms with Crippen molar-refractivity contribution >= 4 is 11.6 Å². The summed E-state index contributed by atoms with van der Waals surface area (Å²) in [4.78, 5) is 8.34. The van der Waals surface area contributed by atoms with Gasteiger partial charge in [-0.25, -0.2) is 9.97 Å². The summed E-state index contributed by atoms with van der Waals surface area (Å²) in [5.74, 6) is 3.35. The molecule has 0 saturated heterocycles. The first-order valence-electron chi connectivity index (χ1n) is 5.59. The smallest absolute Gasteiger partial charge is 0.158 e. The van der Waals surface area contributed by atoms with Crippen LogP contribution in [0.1, 0.15) is 17.3 Å². The molecule has 2 aromatic rings. The van der Waals surface area contributed by atoms with Crippen LogP contribution in [0.25, 0.3) is 0 Å². The molecule has 0 atom stereocenters. The van der Waals surface area contributed by atoms with Crippen molar-refractivity contribution in [1.82, 2.24) is 9.97 Å². The molecule has 0 amide bonds. The third-order valence-corrected chi connectivity index (χ3v) is 2.31. The number of nitrogen functional groups attached to an aromatic ring is 1. The van der Waals surface area contributed by atoms with Crippen LogP contribution in [0.4, 0.5) is 11.6 Å². The van der Waals surface area contributed by atoms with Gasteiger partial charge in [-0.2, -0.15) is 0 Å². The maximum absolute atomic E-state index is 5.69. The quantitative estimate of drug-likeness (QED) is 0.837. The van der Waals surface area contributed by atoms with Gasteiger partial charge in [0.2, 0.25) is 0 Å². The van der Waals surface area contributed by atoms with Gasteiger partial charge >= 0.3 is 0 Å². The van der Waals surface area contributed by atoms with Crippen molar-refractivity contribution in [2.24, 2.45) is 0 Å². The van der Waals surface area contributed by atoms with Crippen molar-refractivity contribution in [3.63, 3.8) is 0 Å². The predicted octanol–water partition coefficient (Wildman–Crippen LogP) is 1.72. The molecule has 2 heterocycles. The lowest BCUT2D eigenvalue weighted by Gasteiger charge is -2.06. The van der Waals surface area contributed by atoms with Crippen LogP contribution in [0.5, 0.6) is 0 Å². The Hall–Kier alpha value is -2.08. The zero-order valence-electron chi connectivity index (χ0n) is 10.4. The summed E-state index contributed by atoms with van der Waals surface area (Å²) in [7, 11) is 1.59. The molecule has 6 heteroatoms. The van der Waals surface area contributed by atoms with Gasteiger partial charge in [-0.15, -0.1) is 0 Å². The molecule has 0 saturated carbocycles. The average Bonchev–Trinajstić information content (AvgIpc) is 2.72. The molecule has 0 aliphatic heterocycles. The van der Waals surface area contributed by atoms with Gasteiger partial charge in [-0.1, -0.05) is 0 Å². The Balaban J connectivity index is 2.04. The highest BCUT2D eigenvalue weighted by atomic mass is 16.5. The summed E-state index contributed by atoms with van der Waals surface area (Å²) >= 11 is 0. The summed E-state index contributed by atoms with van der Waals surface area (Å²) in [5.41, 5.74) is 5.69. The third kappa shape index (κ3) is 3.21. The Bertz CT molecular complexity index is 525. The molecule has 0 aliphatic rings. The number of anilines is 2. The fourth-order valence-electron chi connectivity index (χ4n) is 1.56. The number of nitrogens with one attached hydrogen (secondary N) is 1. The summed E-state index contributed by atoms with van der Waals surface area (Å²) in [6, 6.07) is 5.51. The molecule has 0 spiro atoms. The highest BCUT2D eigenvalue weighted by molar-refractivity contribution is 5.44. The van der Waals surface area contributed by atoms with Crippen molar-refractivity contribution in [1.29, 1.82) is 0 Å². The van der Waals surface area contributed by atoms with Crippen LogP contribution in [0.2, 0.25) is 0 Å². The van der Waals surface area contributed by atoms with Crippen LogP contribution in [0, 0.1) is 6.92 Å². The minimum atomic E-state index is 0.333. The van der Waals surface area contributed by atoms with Crippen molar-refractivity contribution in [3.8, 4) is 0 Å². The van der Waals surface area contributed by atoms with Crippen LogP contribution < -0.4 is 11.1 Å². The molecule has 0 radical (unpaired) electrons. The molecule has 0 fully saturated rings. The second-order valence-electron chi connectivity index (χ2n) is 3.89. The Morgan fingerprint density at radius 3 is 2.89 bits per heavy atom. The first-order chi connectivity index (χ1) is 8.67. The van der Waals surface area contributed by atoms with E-state index in [0.29, 0.717) is 30.6 Å². The fraction of sp³-hybridized carbons (Fsp3) is 0.333. The molecule has 6 nitrogen and oxygen atoms in total. The number of hydrogen-bond donors (Lipinski definition) is 2. The number of aromatic nitrogens is 2. The number of hydrogen-bond acceptors (Lipinski definition) is 6. The lowest BCUT2D eigenvalue weighted by Crippen LogP contribution is -2.06. The Morgan fingerprint density at radius 1 is 1.39 bits per heavy atom. The van der Waals surface area contributed by atoms with Gasteiger partial charge in [0.1, 0.15) is 29.8 Å². The van der Waals surface area contributed by atoms with Crippen LogP contribution in [0.3, 0.4) is 0 Å². The minimum absolute atomic E-state index is 0.333. The van der Waals surface area contributed by atoms with E-state index in [1.165, 1.54) is 0 Å². The molecular weight excluding hydrogens is 232 g/mol. The van der Waals surface area contributed by atoms with E-state index in [1.54, 1.807) is 13.2 Å². The topological polar surface area (TPSA) is 86.2 Å². The second-order valence-corrected chi connectivity index (χ2v) is 3.89. The number of aryl methyl sites for hydroxylation is 1. The van der Waals surface area contributed by atoms with E-state index in [1.807, 2.05) is 19.1 Å². The van der Waals surface area contributed by atoms with E-state index in [-0.39, 0.29) is 0 Å². The highest BCUT2D eigenvalue weighted by Crippen LogP contribution is 2.12. The van der Waals surface area contributed by atoms with Crippen LogP contribution in [-0.2, 0) is 17.9 Å². The van der Waals surface area contributed by atoms with E-state index in [0.717, 1.165) is 11.5 Å². The zero-order valence-corrected chi connectivity index (χ0v) is 10.4. The second kappa shape index (κ2) is 5.50. The van der Waals surface area contributed by atoms with Gasteiger partial charge in [0.15, 0.2) is 5.82 Å². The van der Waals surface area contributed by atoms with Gasteiger partial charge in [0.05, 0.1) is 6.54 Å². The van der Waals surface area contributed by atoms with Gasteiger partial charge in [-0.05, 0) is 19.1 Å². The first kappa shape index (κ1) is 12.4. The molecule has 0 aromatic carbocycles. The molecule has 2 rings (SSSR count). The first-order valence-corrected chi connectivity index (χ1v) is 5.59. The predicted molar refractivity (Wildman–Crippen MR) is 67.9 cm³/mol. The van der Waals surface area contributed by atoms with Crippen molar-refractivity contribution in [2.75, 3.05) is 18.2 Å². The van der Waals surface area contributed by atoms with Gasteiger partial charge in [0.25, 0.3) is 0 Å². The SMILES string of the molecule is COCc1nc(N)cc(NCc2ccc(C)o2)n1. The summed E-state index contributed by atoms with van der Waals surface area (Å²) in [6.07, 6.45) is 0. The Morgan fingerprint density at radius 2 is 2.22 bits per heavy atom. The standard InChI is InChI=1S/C12H16N4O2/c1-8-3-4-9(18-8)6-14-11-5-10(13)15-12(16-11)7-17-2/h3-5H,6-7H2,1-2H3,(H3,13,14,15,16). The van der Waals surface area contributed by atoms with Gasteiger partial charge in [0, 0.05) is 13.2 Å². The van der Waals surface area contributed by atoms with Crippen LogP contribution in [0.15, 0.2) is 22.6 Å². The molecule has 3 N–H and O–H groups in total. The minimum Gasteiger partial charge on any atom is -0.465 e. The third-order valence-electron chi connectivity index (χ3n) is 2.31. The molecule has 0 unspecified atom stereocenters. The number of furan rings is 1. The van der Waals surface area contributed by atoms with Crippen LogP contribution >= 0.6 is 0 Å². The number of rotatable bonds is 5. The number of nitrogens with zero attached hydrogens (tertiary/aromatic N) is 2. The van der Waals surface area contributed by atoms with Crippen molar-refractivity contribution < 1.29 is 9.15 Å². The van der Waals surface area contributed by atoms with E-state index >= 15 is 0 Å². The number of ether oxygens (including phenoxy) is 1. The number of nitrogens with two attached hydrogens (primary N) is 1. The largest absolute Gasteiger partial charge is 0.465 e. The maximum Gasteiger partial charge on any atom is 0.158 e. The summed E-state index contributed by atoms with van der Waals surface area (Å²) in [5, 5.41) is 3.13. The molecular formula is C12H16N4O2. The van der Waals surface area contributed by atoms with Crippen LogP contribution in [-0.4, -0.2) is 17.1 Å². The summed E-state index contributed by atoms with van der Waals surface area (Å²) in [6.45, 7) is 2.79. The molecule has 0 bridgehead atoms. The molecule has 2 aromatic heterocycles. The van der Waals surface area contributed by atoms with E-state index in [9.17, 15) is 0 Å². The van der Waals surface area contributed by atoms with Gasteiger partial charge in [-0.3, -0.25) is 0 Å². The lowest BCUT2D eigenvalue weighted by molar-refractivity contribution is 0.178. The Kier molecular flexibility index (Phi) is 3.78. The highest BCUT2D eigenvalue weighted by Gasteiger charge is 2.04. The van der Waals surface area contributed by atoms with Crippen molar-refractivity contribution in [3.05, 3.63) is 35.5 Å². The maximum atomic E-state index is 5.69. The average molecular weight is 248 g/mol. The van der Waals surface area contributed by atoms with Gasteiger partial charge < -0.3 is 20.2 Å². The lowest BCUT2D eigenvalue weighted by atomic mass is 10.4. The molecule has 18 heavy (non-hydrogen) atoms.